The maximum absolute atomic E-state index is 12.8. The number of aromatic amines is 1. The highest BCUT2D eigenvalue weighted by Gasteiger charge is 2.32. The van der Waals surface area contributed by atoms with E-state index in [9.17, 15) is 18.0 Å². The van der Waals surface area contributed by atoms with E-state index in [1.54, 1.807) is 18.2 Å². The zero-order chi connectivity index (χ0) is 21.3. The van der Waals surface area contributed by atoms with E-state index in [1.165, 1.54) is 12.4 Å². The van der Waals surface area contributed by atoms with Crippen molar-refractivity contribution in [1.29, 1.82) is 0 Å². The van der Waals surface area contributed by atoms with E-state index in [2.05, 4.69) is 32.1 Å². The van der Waals surface area contributed by atoms with Crippen molar-refractivity contribution in [2.75, 3.05) is 18.0 Å². The number of anilines is 1. The first-order valence-electron chi connectivity index (χ1n) is 9.83. The van der Waals surface area contributed by atoms with Crippen molar-refractivity contribution in [3.05, 3.63) is 53.5 Å². The molecule has 1 aromatic carbocycles. The van der Waals surface area contributed by atoms with Crippen LogP contribution in [-0.4, -0.2) is 33.9 Å². The van der Waals surface area contributed by atoms with Gasteiger partial charge in [-0.15, -0.1) is 0 Å². The molecule has 1 aliphatic rings. The van der Waals surface area contributed by atoms with Gasteiger partial charge >= 0.3 is 6.18 Å². The highest BCUT2D eigenvalue weighted by Crippen LogP contribution is 2.31. The van der Waals surface area contributed by atoms with Crippen molar-refractivity contribution in [3.63, 3.8) is 0 Å². The molecule has 3 heterocycles. The van der Waals surface area contributed by atoms with E-state index in [0.29, 0.717) is 33.9 Å². The number of nitrogens with one attached hydrogen (secondary N) is 2. The maximum atomic E-state index is 12.8. The first-order chi connectivity index (χ1) is 14.3. The summed E-state index contributed by atoms with van der Waals surface area (Å²) >= 11 is 0. The maximum Gasteiger partial charge on any atom is 0.431 e. The summed E-state index contributed by atoms with van der Waals surface area (Å²) in [5.74, 6) is 0.993. The minimum atomic E-state index is -4.42. The number of fused-ring (bicyclic) bond motifs is 1. The van der Waals surface area contributed by atoms with Gasteiger partial charge in [0.15, 0.2) is 0 Å². The molecular formula is C21H22F3N5O. The van der Waals surface area contributed by atoms with Gasteiger partial charge in [0.25, 0.3) is 5.91 Å². The fraction of sp³-hybridized carbons (Fsp3) is 0.381. The van der Waals surface area contributed by atoms with Gasteiger partial charge in [0, 0.05) is 42.9 Å². The third kappa shape index (κ3) is 4.39. The number of benzene rings is 1. The molecule has 1 amide bonds. The number of nitrogens with zero attached hydrogens (tertiary/aromatic N) is 3. The number of halogens is 3. The van der Waals surface area contributed by atoms with Gasteiger partial charge in [-0.25, -0.2) is 9.97 Å². The van der Waals surface area contributed by atoms with Crippen LogP contribution in [0.5, 0.6) is 0 Å². The van der Waals surface area contributed by atoms with Crippen LogP contribution in [0.2, 0.25) is 0 Å². The zero-order valence-electron chi connectivity index (χ0n) is 16.5. The first kappa shape index (κ1) is 20.2. The molecule has 158 valence electrons. The van der Waals surface area contributed by atoms with Crippen molar-refractivity contribution in [2.45, 2.75) is 32.5 Å². The second-order valence-electron chi connectivity index (χ2n) is 7.73. The lowest BCUT2D eigenvalue weighted by Crippen LogP contribution is -2.34. The van der Waals surface area contributed by atoms with Gasteiger partial charge in [-0.1, -0.05) is 13.0 Å². The lowest BCUT2D eigenvalue weighted by Gasteiger charge is -2.30. The molecule has 30 heavy (non-hydrogen) atoms. The summed E-state index contributed by atoms with van der Waals surface area (Å²) < 4.78 is 38.5. The highest BCUT2D eigenvalue weighted by molar-refractivity contribution is 5.93. The van der Waals surface area contributed by atoms with Crippen LogP contribution in [-0.2, 0) is 12.7 Å². The van der Waals surface area contributed by atoms with Crippen LogP contribution in [0.3, 0.4) is 0 Å². The number of hydrogen-bond acceptors (Lipinski definition) is 4. The van der Waals surface area contributed by atoms with Gasteiger partial charge in [-0.3, -0.25) is 4.79 Å². The standard InChI is InChI=1S/C21H22F3N5O/c1-13-4-6-29(7-5-13)20-26-11-16(12-27-20)19(30)25-10-14-2-3-17-15(8-14)9-18(28-17)21(22,23)24/h2-3,8-9,11-13,28H,4-7,10H2,1H3,(H,25,30). The van der Waals surface area contributed by atoms with Gasteiger partial charge < -0.3 is 15.2 Å². The molecule has 9 heteroatoms. The number of rotatable bonds is 4. The van der Waals surface area contributed by atoms with Crippen LogP contribution >= 0.6 is 0 Å². The van der Waals surface area contributed by atoms with Crippen LogP contribution in [0.1, 0.15) is 41.4 Å². The van der Waals surface area contributed by atoms with E-state index in [1.807, 2.05) is 0 Å². The van der Waals surface area contributed by atoms with Gasteiger partial charge in [0.2, 0.25) is 5.95 Å². The largest absolute Gasteiger partial charge is 0.431 e. The highest BCUT2D eigenvalue weighted by atomic mass is 19.4. The molecule has 2 N–H and O–H groups in total. The molecule has 1 fully saturated rings. The van der Waals surface area contributed by atoms with Gasteiger partial charge in [-0.05, 0) is 42.5 Å². The number of piperidine rings is 1. The van der Waals surface area contributed by atoms with E-state index < -0.39 is 11.9 Å². The summed E-state index contributed by atoms with van der Waals surface area (Å²) in [6, 6.07) is 5.94. The van der Waals surface area contributed by atoms with E-state index >= 15 is 0 Å². The summed E-state index contributed by atoms with van der Waals surface area (Å²) in [5, 5.41) is 3.20. The molecule has 4 rings (SSSR count). The Bertz CT molecular complexity index is 1040. The number of aromatic nitrogens is 3. The van der Waals surface area contributed by atoms with E-state index in [-0.39, 0.29) is 12.5 Å². The summed E-state index contributed by atoms with van der Waals surface area (Å²) in [6.45, 7) is 4.23. The first-order valence-corrected chi connectivity index (χ1v) is 9.83. The van der Waals surface area contributed by atoms with Crippen molar-refractivity contribution < 1.29 is 18.0 Å². The number of alkyl halides is 3. The normalized spacial score (nSPS) is 15.5. The average Bonchev–Trinajstić information content (AvgIpc) is 3.17. The lowest BCUT2D eigenvalue weighted by molar-refractivity contribution is -0.140. The van der Waals surface area contributed by atoms with Gasteiger partial charge in [0.1, 0.15) is 5.69 Å². The quantitative estimate of drug-likeness (QED) is 0.669. The molecule has 0 bridgehead atoms. The van der Waals surface area contributed by atoms with Crippen molar-refractivity contribution in [1.82, 2.24) is 20.3 Å². The Morgan fingerprint density at radius 3 is 2.57 bits per heavy atom. The van der Waals surface area contributed by atoms with Crippen LogP contribution < -0.4 is 10.2 Å². The summed E-state index contributed by atoms with van der Waals surface area (Å²) in [7, 11) is 0. The average molecular weight is 417 g/mol. The molecular weight excluding hydrogens is 395 g/mol. The van der Waals surface area contributed by atoms with Gasteiger partial charge in [-0.2, -0.15) is 13.2 Å². The smallest absolute Gasteiger partial charge is 0.351 e. The Labute approximate surface area is 171 Å². The molecule has 0 radical (unpaired) electrons. The molecule has 1 aliphatic heterocycles. The van der Waals surface area contributed by atoms with Gasteiger partial charge in [0.05, 0.1) is 5.56 Å². The number of hydrogen-bond donors (Lipinski definition) is 2. The Hall–Kier alpha value is -3.10. The van der Waals surface area contributed by atoms with Crippen molar-refractivity contribution >= 4 is 22.8 Å². The van der Waals surface area contributed by atoms with E-state index in [0.717, 1.165) is 32.0 Å². The van der Waals surface area contributed by atoms with Crippen molar-refractivity contribution in [3.8, 4) is 0 Å². The van der Waals surface area contributed by atoms with Crippen LogP contribution in [0, 0.1) is 5.92 Å². The number of carbonyl (C=O) groups is 1. The topological polar surface area (TPSA) is 73.9 Å². The lowest BCUT2D eigenvalue weighted by atomic mass is 10.00. The molecule has 3 aromatic rings. The number of carbonyl (C=O) groups excluding carboxylic acids is 1. The van der Waals surface area contributed by atoms with Crippen LogP contribution in [0.25, 0.3) is 10.9 Å². The fourth-order valence-electron chi connectivity index (χ4n) is 3.54. The Morgan fingerprint density at radius 2 is 1.90 bits per heavy atom. The second kappa shape index (κ2) is 7.97. The third-order valence-corrected chi connectivity index (χ3v) is 5.41. The molecule has 0 atom stereocenters. The molecule has 6 nitrogen and oxygen atoms in total. The Balaban J connectivity index is 1.38. The minimum Gasteiger partial charge on any atom is -0.351 e. The predicted molar refractivity (Wildman–Crippen MR) is 107 cm³/mol. The fourth-order valence-corrected chi connectivity index (χ4v) is 3.54. The summed E-state index contributed by atoms with van der Waals surface area (Å²) in [5.41, 5.74) is 0.641. The SMILES string of the molecule is CC1CCN(c2ncc(C(=O)NCc3ccc4[nH]c(C(F)(F)F)cc4c3)cn2)CC1. The molecule has 0 unspecified atom stereocenters. The second-order valence-corrected chi connectivity index (χ2v) is 7.73. The molecule has 0 saturated carbocycles. The molecule has 2 aromatic heterocycles. The molecule has 0 aliphatic carbocycles. The predicted octanol–water partition coefficient (Wildman–Crippen LogP) is 4.14. The Morgan fingerprint density at radius 1 is 1.20 bits per heavy atom. The van der Waals surface area contributed by atoms with Crippen molar-refractivity contribution in [2.24, 2.45) is 5.92 Å². The van der Waals surface area contributed by atoms with E-state index in [4.69, 9.17) is 0 Å². The molecule has 1 saturated heterocycles. The summed E-state index contributed by atoms with van der Waals surface area (Å²) in [4.78, 5) is 25.5. The van der Waals surface area contributed by atoms with Crippen LogP contribution in [0.4, 0.5) is 19.1 Å². The molecule has 0 spiro atoms. The summed E-state index contributed by atoms with van der Waals surface area (Å²) in [6.07, 6.45) is 0.774. The third-order valence-electron chi connectivity index (χ3n) is 5.41. The van der Waals surface area contributed by atoms with Crippen LogP contribution in [0.15, 0.2) is 36.7 Å². The zero-order valence-corrected chi connectivity index (χ0v) is 16.5. The Kier molecular flexibility index (Phi) is 5.36. The minimum absolute atomic E-state index is 0.188. The monoisotopic (exact) mass is 417 g/mol. The number of amides is 1. The number of H-pyrrole nitrogens is 1.